The number of aromatic nitrogens is 2. The van der Waals surface area contributed by atoms with Gasteiger partial charge in [-0.25, -0.2) is 0 Å². The molecule has 0 fully saturated rings. The Labute approximate surface area is 96.1 Å². The van der Waals surface area contributed by atoms with Gasteiger partial charge in [0, 0.05) is 12.7 Å². The van der Waals surface area contributed by atoms with Crippen molar-refractivity contribution in [2.45, 2.75) is 20.0 Å². The minimum absolute atomic E-state index is 0.839. The van der Waals surface area contributed by atoms with Gasteiger partial charge in [-0.15, -0.1) is 0 Å². The molecule has 0 saturated heterocycles. The van der Waals surface area contributed by atoms with Crippen LogP contribution in [0.2, 0.25) is 0 Å². The van der Waals surface area contributed by atoms with Crippen LogP contribution in [-0.2, 0) is 13.1 Å². The van der Waals surface area contributed by atoms with Crippen LogP contribution in [0.3, 0.4) is 0 Å². The molecule has 0 atom stereocenters. The van der Waals surface area contributed by atoms with Crippen LogP contribution >= 0.6 is 0 Å². The van der Waals surface area contributed by atoms with Crippen molar-refractivity contribution < 1.29 is 0 Å². The predicted octanol–water partition coefficient (Wildman–Crippen LogP) is 1.96. The normalized spacial score (nSPS) is 10.6. The van der Waals surface area contributed by atoms with Crippen LogP contribution in [0.25, 0.3) is 0 Å². The van der Waals surface area contributed by atoms with Crippen molar-refractivity contribution in [3.63, 3.8) is 0 Å². The van der Waals surface area contributed by atoms with E-state index in [-0.39, 0.29) is 0 Å². The number of rotatable bonds is 4. The van der Waals surface area contributed by atoms with Gasteiger partial charge in [-0.2, -0.15) is 5.10 Å². The minimum Gasteiger partial charge on any atom is -0.316 e. The van der Waals surface area contributed by atoms with Gasteiger partial charge in [0.05, 0.1) is 12.2 Å². The van der Waals surface area contributed by atoms with Gasteiger partial charge in [0.15, 0.2) is 0 Å². The molecule has 0 unspecified atom stereocenters. The highest BCUT2D eigenvalue weighted by molar-refractivity contribution is 5.27. The van der Waals surface area contributed by atoms with Crippen molar-refractivity contribution in [2.24, 2.45) is 0 Å². The average Bonchev–Trinajstić information content (AvgIpc) is 2.67. The molecule has 0 radical (unpaired) electrons. The summed E-state index contributed by atoms with van der Waals surface area (Å²) in [4.78, 5) is 0. The number of benzene rings is 1. The fourth-order valence-electron chi connectivity index (χ4n) is 1.80. The monoisotopic (exact) mass is 215 g/mol. The zero-order valence-corrected chi connectivity index (χ0v) is 9.77. The molecule has 0 aliphatic carbocycles. The Balaban J connectivity index is 2.20. The standard InChI is InChI=1S/C13H17N3/c1-11-7-8-16(15-11)10-13-6-4-3-5-12(13)9-14-2/h3-8,14H,9-10H2,1-2H3. The Hall–Kier alpha value is -1.61. The number of hydrogen-bond donors (Lipinski definition) is 1. The van der Waals surface area contributed by atoms with E-state index in [4.69, 9.17) is 0 Å². The first-order valence-electron chi connectivity index (χ1n) is 5.51. The number of hydrogen-bond acceptors (Lipinski definition) is 2. The molecule has 1 aromatic heterocycles. The second-order valence-electron chi connectivity index (χ2n) is 3.95. The third-order valence-electron chi connectivity index (χ3n) is 2.59. The minimum atomic E-state index is 0.839. The summed E-state index contributed by atoms with van der Waals surface area (Å²) in [6.45, 7) is 3.75. The van der Waals surface area contributed by atoms with Gasteiger partial charge in [-0.05, 0) is 31.2 Å². The van der Waals surface area contributed by atoms with Crippen molar-refractivity contribution in [2.75, 3.05) is 7.05 Å². The maximum Gasteiger partial charge on any atom is 0.0662 e. The lowest BCUT2D eigenvalue weighted by Gasteiger charge is -2.08. The second-order valence-corrected chi connectivity index (χ2v) is 3.95. The molecule has 0 amide bonds. The Kier molecular flexibility index (Phi) is 3.37. The van der Waals surface area contributed by atoms with Gasteiger partial charge >= 0.3 is 0 Å². The molecular weight excluding hydrogens is 198 g/mol. The van der Waals surface area contributed by atoms with E-state index in [2.05, 4.69) is 34.7 Å². The molecule has 1 heterocycles. The summed E-state index contributed by atoms with van der Waals surface area (Å²) >= 11 is 0. The third kappa shape index (κ3) is 2.49. The van der Waals surface area contributed by atoms with Gasteiger partial charge in [0.2, 0.25) is 0 Å². The predicted molar refractivity (Wildman–Crippen MR) is 65.3 cm³/mol. The molecule has 1 aromatic carbocycles. The number of aryl methyl sites for hydroxylation is 1. The van der Waals surface area contributed by atoms with Gasteiger partial charge in [-0.3, -0.25) is 4.68 Å². The van der Waals surface area contributed by atoms with E-state index in [0.717, 1.165) is 18.8 Å². The van der Waals surface area contributed by atoms with Crippen molar-refractivity contribution in [3.05, 3.63) is 53.3 Å². The van der Waals surface area contributed by atoms with Crippen LogP contribution in [0.15, 0.2) is 36.5 Å². The van der Waals surface area contributed by atoms with Crippen LogP contribution in [0, 0.1) is 6.92 Å². The van der Waals surface area contributed by atoms with Gasteiger partial charge in [-0.1, -0.05) is 24.3 Å². The van der Waals surface area contributed by atoms with Crippen molar-refractivity contribution in [1.82, 2.24) is 15.1 Å². The van der Waals surface area contributed by atoms with E-state index in [0.29, 0.717) is 0 Å². The van der Waals surface area contributed by atoms with Crippen molar-refractivity contribution in [3.8, 4) is 0 Å². The van der Waals surface area contributed by atoms with Crippen LogP contribution in [-0.4, -0.2) is 16.8 Å². The lowest BCUT2D eigenvalue weighted by molar-refractivity contribution is 0.669. The maximum absolute atomic E-state index is 4.40. The molecule has 3 heteroatoms. The first-order chi connectivity index (χ1) is 7.79. The second kappa shape index (κ2) is 4.94. The van der Waals surface area contributed by atoms with Crippen LogP contribution in [0.5, 0.6) is 0 Å². The summed E-state index contributed by atoms with van der Waals surface area (Å²) in [5, 5.41) is 7.59. The van der Waals surface area contributed by atoms with E-state index in [1.807, 2.05) is 30.9 Å². The molecule has 2 aromatic rings. The SMILES string of the molecule is CNCc1ccccc1Cn1ccc(C)n1. The largest absolute Gasteiger partial charge is 0.316 e. The maximum atomic E-state index is 4.40. The van der Waals surface area contributed by atoms with Crippen molar-refractivity contribution >= 4 is 0 Å². The third-order valence-corrected chi connectivity index (χ3v) is 2.59. The highest BCUT2D eigenvalue weighted by Gasteiger charge is 2.02. The topological polar surface area (TPSA) is 29.9 Å². The van der Waals surface area contributed by atoms with Gasteiger partial charge in [0.25, 0.3) is 0 Å². The zero-order valence-electron chi connectivity index (χ0n) is 9.77. The highest BCUT2D eigenvalue weighted by Crippen LogP contribution is 2.10. The fourth-order valence-corrected chi connectivity index (χ4v) is 1.80. The Bertz CT molecular complexity index is 460. The van der Waals surface area contributed by atoms with Crippen LogP contribution in [0.1, 0.15) is 16.8 Å². The lowest BCUT2D eigenvalue weighted by Crippen LogP contribution is -2.10. The summed E-state index contributed by atoms with van der Waals surface area (Å²) in [6, 6.07) is 10.5. The highest BCUT2D eigenvalue weighted by atomic mass is 15.3. The van der Waals surface area contributed by atoms with Crippen LogP contribution < -0.4 is 5.32 Å². The lowest BCUT2D eigenvalue weighted by atomic mass is 10.1. The first-order valence-corrected chi connectivity index (χ1v) is 5.51. The average molecular weight is 215 g/mol. The summed E-state index contributed by atoms with van der Waals surface area (Å²) in [7, 11) is 1.97. The summed E-state index contributed by atoms with van der Waals surface area (Å²) in [5.41, 5.74) is 3.71. The van der Waals surface area contributed by atoms with E-state index in [1.54, 1.807) is 0 Å². The molecule has 0 saturated carbocycles. The Morgan fingerprint density at radius 3 is 2.56 bits per heavy atom. The smallest absolute Gasteiger partial charge is 0.0662 e. The summed E-state index contributed by atoms with van der Waals surface area (Å²) in [5.74, 6) is 0. The van der Waals surface area contributed by atoms with E-state index in [9.17, 15) is 0 Å². The first kappa shape index (κ1) is 10.9. The van der Waals surface area contributed by atoms with E-state index < -0.39 is 0 Å². The molecule has 0 aliphatic rings. The molecule has 0 bridgehead atoms. The summed E-state index contributed by atoms with van der Waals surface area (Å²) < 4.78 is 1.98. The molecule has 1 N–H and O–H groups in total. The van der Waals surface area contributed by atoms with Crippen LogP contribution in [0.4, 0.5) is 0 Å². The van der Waals surface area contributed by atoms with Gasteiger partial charge in [0.1, 0.15) is 0 Å². The fraction of sp³-hybridized carbons (Fsp3) is 0.308. The Morgan fingerprint density at radius 2 is 1.94 bits per heavy atom. The number of nitrogens with one attached hydrogen (secondary N) is 1. The molecule has 84 valence electrons. The Morgan fingerprint density at radius 1 is 1.19 bits per heavy atom. The zero-order chi connectivity index (χ0) is 11.4. The van der Waals surface area contributed by atoms with Gasteiger partial charge < -0.3 is 5.32 Å². The molecule has 3 nitrogen and oxygen atoms in total. The number of nitrogens with zero attached hydrogens (tertiary/aromatic N) is 2. The molecule has 16 heavy (non-hydrogen) atoms. The molecule has 2 rings (SSSR count). The van der Waals surface area contributed by atoms with E-state index >= 15 is 0 Å². The quantitative estimate of drug-likeness (QED) is 0.845. The summed E-state index contributed by atoms with van der Waals surface area (Å²) in [6.07, 6.45) is 2.02. The molecule has 0 aliphatic heterocycles. The van der Waals surface area contributed by atoms with Crippen molar-refractivity contribution in [1.29, 1.82) is 0 Å². The van der Waals surface area contributed by atoms with E-state index in [1.165, 1.54) is 11.1 Å². The molecular formula is C13H17N3. The molecule has 0 spiro atoms.